The van der Waals surface area contributed by atoms with Crippen LogP contribution in [0.3, 0.4) is 0 Å². The number of allylic oxidation sites excluding steroid dienone is 4. The van der Waals surface area contributed by atoms with Gasteiger partial charge in [0.2, 0.25) is 0 Å². The Labute approximate surface area is 204 Å². The van der Waals surface area contributed by atoms with E-state index in [1.807, 2.05) is 26.1 Å². The van der Waals surface area contributed by atoms with Crippen LogP contribution in [0.1, 0.15) is 66.6 Å². The summed E-state index contributed by atoms with van der Waals surface area (Å²) in [5, 5.41) is 0. The van der Waals surface area contributed by atoms with Crippen LogP contribution >= 0.6 is 0 Å². The lowest BCUT2D eigenvalue weighted by Crippen LogP contribution is -2.37. The zero-order valence-electron chi connectivity index (χ0n) is 20.9. The van der Waals surface area contributed by atoms with Crippen molar-refractivity contribution in [2.24, 2.45) is 0 Å². The number of rotatable bonds is 8. The number of carbonyl (C=O) groups is 1. The van der Waals surface area contributed by atoms with Crippen molar-refractivity contribution in [2.45, 2.75) is 65.1 Å². The first-order valence-electron chi connectivity index (χ1n) is 12.5. The monoisotopic (exact) mass is 459 g/mol. The van der Waals surface area contributed by atoms with E-state index >= 15 is 0 Å². The van der Waals surface area contributed by atoms with E-state index in [1.54, 1.807) is 0 Å². The van der Waals surface area contributed by atoms with Crippen LogP contribution in [0.15, 0.2) is 60.8 Å². The molecule has 2 aliphatic rings. The second-order valence-corrected chi connectivity index (χ2v) is 9.59. The molecule has 4 rings (SSSR count). The largest absolute Gasteiger partial charge is 0.459 e. The van der Waals surface area contributed by atoms with Crippen LogP contribution in [-0.2, 0) is 11.3 Å². The number of aryl methyl sites for hydroxylation is 1. The highest BCUT2D eigenvalue weighted by molar-refractivity contribution is 5.97. The van der Waals surface area contributed by atoms with Crippen molar-refractivity contribution < 1.29 is 9.53 Å². The molecule has 2 atom stereocenters. The van der Waals surface area contributed by atoms with Gasteiger partial charge in [-0.25, -0.2) is 9.78 Å². The lowest BCUT2D eigenvalue weighted by atomic mass is 9.89. The molecule has 0 bridgehead atoms. The van der Waals surface area contributed by atoms with Crippen LogP contribution in [0.4, 0.5) is 5.82 Å². The van der Waals surface area contributed by atoms with E-state index < -0.39 is 0 Å². The summed E-state index contributed by atoms with van der Waals surface area (Å²) in [4.78, 5) is 22.9. The lowest BCUT2D eigenvalue weighted by molar-refractivity contribution is 0.0376. The molecule has 5 heteroatoms. The molecule has 0 saturated carbocycles. The normalized spacial score (nSPS) is 19.9. The SMILES string of the molecule is CCN(Cc1ccccc1C)[C@@H]1CCN(c2nccc(C3C=CC=CC3)c2C(=O)OC(C)C)C1. The fourth-order valence-electron chi connectivity index (χ4n) is 5.04. The van der Waals surface area contributed by atoms with E-state index in [0.717, 1.165) is 50.4 Å². The van der Waals surface area contributed by atoms with Crippen LogP contribution in [0, 0.1) is 6.92 Å². The first-order chi connectivity index (χ1) is 16.5. The zero-order chi connectivity index (χ0) is 24.1. The van der Waals surface area contributed by atoms with Crippen molar-refractivity contribution in [1.82, 2.24) is 9.88 Å². The predicted octanol–water partition coefficient (Wildman–Crippen LogP) is 5.66. The molecule has 0 spiro atoms. The summed E-state index contributed by atoms with van der Waals surface area (Å²) in [5.74, 6) is 0.653. The molecule has 0 amide bonds. The molecule has 180 valence electrons. The maximum absolute atomic E-state index is 13.3. The van der Waals surface area contributed by atoms with Gasteiger partial charge in [0.25, 0.3) is 0 Å². The molecule has 2 aromatic rings. The maximum Gasteiger partial charge on any atom is 0.342 e. The van der Waals surface area contributed by atoms with Gasteiger partial charge in [0.05, 0.1) is 6.10 Å². The minimum atomic E-state index is -0.272. The van der Waals surface area contributed by atoms with Gasteiger partial charge in [-0.2, -0.15) is 0 Å². The quantitative estimate of drug-likeness (QED) is 0.477. The number of aromatic nitrogens is 1. The maximum atomic E-state index is 13.3. The Morgan fingerprint density at radius 2 is 2.06 bits per heavy atom. The number of nitrogens with zero attached hydrogens (tertiary/aromatic N) is 3. The lowest BCUT2D eigenvalue weighted by Gasteiger charge is -2.29. The molecule has 1 fully saturated rings. The second kappa shape index (κ2) is 11.0. The summed E-state index contributed by atoms with van der Waals surface area (Å²) < 4.78 is 5.70. The van der Waals surface area contributed by atoms with E-state index in [1.165, 1.54) is 11.1 Å². The van der Waals surface area contributed by atoms with Crippen molar-refractivity contribution in [1.29, 1.82) is 0 Å². The average Bonchev–Trinajstić information content (AvgIpc) is 3.33. The number of pyridine rings is 1. The smallest absolute Gasteiger partial charge is 0.342 e. The fraction of sp³-hybridized carbons (Fsp3) is 0.448. The zero-order valence-corrected chi connectivity index (χ0v) is 20.9. The van der Waals surface area contributed by atoms with Crippen LogP contribution in [0.5, 0.6) is 0 Å². The molecule has 1 saturated heterocycles. The minimum absolute atomic E-state index is 0.160. The van der Waals surface area contributed by atoms with Crippen LogP contribution in [-0.4, -0.2) is 47.6 Å². The number of esters is 1. The van der Waals surface area contributed by atoms with E-state index in [2.05, 4.69) is 72.2 Å². The van der Waals surface area contributed by atoms with Crippen molar-refractivity contribution in [3.05, 3.63) is 83.1 Å². The Bertz CT molecular complexity index is 1060. The summed E-state index contributed by atoms with van der Waals surface area (Å²) in [6.45, 7) is 11.9. The molecule has 1 aromatic carbocycles. The number of likely N-dealkylation sites (N-methyl/N-ethyl adjacent to an activating group) is 1. The van der Waals surface area contributed by atoms with Crippen LogP contribution in [0.2, 0.25) is 0 Å². The molecule has 5 nitrogen and oxygen atoms in total. The third-order valence-electron chi connectivity index (χ3n) is 6.91. The average molecular weight is 460 g/mol. The third kappa shape index (κ3) is 5.41. The first kappa shape index (κ1) is 24.2. The third-order valence-corrected chi connectivity index (χ3v) is 6.91. The summed E-state index contributed by atoms with van der Waals surface area (Å²) >= 11 is 0. The van der Waals surface area contributed by atoms with Crippen molar-refractivity contribution >= 4 is 11.8 Å². The van der Waals surface area contributed by atoms with Gasteiger partial charge >= 0.3 is 5.97 Å². The summed E-state index contributed by atoms with van der Waals surface area (Å²) in [5.41, 5.74) is 4.34. The molecule has 2 heterocycles. The fourth-order valence-corrected chi connectivity index (χ4v) is 5.04. The van der Waals surface area contributed by atoms with Crippen LogP contribution < -0.4 is 4.90 Å². The molecule has 34 heavy (non-hydrogen) atoms. The van der Waals surface area contributed by atoms with Gasteiger partial charge in [-0.15, -0.1) is 0 Å². The Balaban J connectivity index is 1.60. The van der Waals surface area contributed by atoms with Gasteiger partial charge < -0.3 is 9.64 Å². The van der Waals surface area contributed by atoms with Crippen molar-refractivity contribution in [2.75, 3.05) is 24.5 Å². The first-order valence-corrected chi connectivity index (χ1v) is 12.5. The van der Waals surface area contributed by atoms with Gasteiger partial charge in [-0.05, 0) is 62.9 Å². The standard InChI is InChI=1S/C29H37N3O2/c1-5-31(19-24-14-10-9-11-22(24)4)25-16-18-32(20-25)28-27(29(33)34-21(2)3)26(15-17-30-28)23-12-7-6-8-13-23/h6-12,14-15,17,21,23,25H,5,13,16,18-20H2,1-4H3/t23?,25-/m1/s1. The van der Waals surface area contributed by atoms with E-state index in [9.17, 15) is 4.79 Å². The number of carbonyl (C=O) groups excluding carboxylic acids is 1. The van der Waals surface area contributed by atoms with Gasteiger partial charge in [0.1, 0.15) is 11.4 Å². The Morgan fingerprint density at radius 3 is 2.76 bits per heavy atom. The van der Waals surface area contributed by atoms with Crippen LogP contribution in [0.25, 0.3) is 0 Å². The molecule has 0 radical (unpaired) electrons. The molecule has 1 aromatic heterocycles. The Hall–Kier alpha value is -2.92. The number of ether oxygens (including phenoxy) is 1. The number of anilines is 1. The molecule has 0 N–H and O–H groups in total. The van der Waals surface area contributed by atoms with Crippen molar-refractivity contribution in [3.63, 3.8) is 0 Å². The topological polar surface area (TPSA) is 45.7 Å². The highest BCUT2D eigenvalue weighted by Gasteiger charge is 2.33. The molecule has 1 aliphatic carbocycles. The molecular weight excluding hydrogens is 422 g/mol. The molecular formula is C29H37N3O2. The highest BCUT2D eigenvalue weighted by Crippen LogP contribution is 2.34. The summed E-state index contributed by atoms with van der Waals surface area (Å²) in [6.07, 6.45) is 12.0. The Morgan fingerprint density at radius 1 is 1.24 bits per heavy atom. The molecule has 1 aliphatic heterocycles. The van der Waals surface area contributed by atoms with E-state index in [4.69, 9.17) is 9.72 Å². The predicted molar refractivity (Wildman–Crippen MR) is 138 cm³/mol. The van der Waals surface area contributed by atoms with Gasteiger partial charge in [-0.3, -0.25) is 4.90 Å². The number of benzene rings is 1. The number of hydrogen-bond donors (Lipinski definition) is 0. The number of hydrogen-bond acceptors (Lipinski definition) is 5. The Kier molecular flexibility index (Phi) is 7.84. The van der Waals surface area contributed by atoms with Gasteiger partial charge in [0.15, 0.2) is 0 Å². The summed E-state index contributed by atoms with van der Waals surface area (Å²) in [7, 11) is 0. The second-order valence-electron chi connectivity index (χ2n) is 9.59. The molecule has 1 unspecified atom stereocenters. The van der Waals surface area contributed by atoms with Crippen molar-refractivity contribution in [3.8, 4) is 0 Å². The highest BCUT2D eigenvalue weighted by atomic mass is 16.5. The van der Waals surface area contributed by atoms with Gasteiger partial charge in [0, 0.05) is 37.8 Å². The van der Waals surface area contributed by atoms with Gasteiger partial charge in [-0.1, -0.05) is 55.5 Å². The minimum Gasteiger partial charge on any atom is -0.459 e. The summed E-state index contributed by atoms with van der Waals surface area (Å²) in [6, 6.07) is 11.0. The van der Waals surface area contributed by atoms with E-state index in [0.29, 0.717) is 11.6 Å². The van der Waals surface area contributed by atoms with E-state index in [-0.39, 0.29) is 18.0 Å².